The highest BCUT2D eigenvalue weighted by atomic mass is 16.6. The predicted octanol–water partition coefficient (Wildman–Crippen LogP) is 1.09. The molecule has 0 N–H and O–H groups in total. The maximum absolute atomic E-state index is 11.5. The van der Waals surface area contributed by atoms with Crippen LogP contribution in [0.2, 0.25) is 0 Å². The SMILES string of the molecule is C=CCOC(=O)[C@@H](C)OC(=O)CCC(=O)O[C@H](C)C(=O)OCC=C. The van der Waals surface area contributed by atoms with Crippen molar-refractivity contribution in [1.82, 2.24) is 0 Å². The maximum Gasteiger partial charge on any atom is 0.347 e. The van der Waals surface area contributed by atoms with Crippen molar-refractivity contribution in [2.75, 3.05) is 13.2 Å². The number of carbonyl (C=O) groups is 4. The number of esters is 4. The second-order valence-electron chi connectivity index (χ2n) is 4.60. The van der Waals surface area contributed by atoms with Crippen LogP contribution in [-0.2, 0) is 38.1 Å². The Morgan fingerprint density at radius 2 is 1.12 bits per heavy atom. The average molecular weight is 342 g/mol. The number of carbonyl (C=O) groups excluding carboxylic acids is 4. The van der Waals surface area contributed by atoms with Crippen LogP contribution in [0.25, 0.3) is 0 Å². The van der Waals surface area contributed by atoms with Gasteiger partial charge in [-0.2, -0.15) is 0 Å². The van der Waals surface area contributed by atoms with Gasteiger partial charge in [0.05, 0.1) is 12.8 Å². The second-order valence-corrected chi connectivity index (χ2v) is 4.60. The molecule has 0 aromatic carbocycles. The van der Waals surface area contributed by atoms with E-state index in [1.54, 1.807) is 0 Å². The summed E-state index contributed by atoms with van der Waals surface area (Å²) in [5.74, 6) is -2.97. The Labute approximate surface area is 140 Å². The van der Waals surface area contributed by atoms with Crippen LogP contribution in [-0.4, -0.2) is 49.3 Å². The summed E-state index contributed by atoms with van der Waals surface area (Å²) in [6.07, 6.45) is -0.0333. The number of ether oxygens (including phenoxy) is 4. The van der Waals surface area contributed by atoms with Crippen molar-refractivity contribution in [3.05, 3.63) is 25.3 Å². The third-order valence-electron chi connectivity index (χ3n) is 2.50. The van der Waals surface area contributed by atoms with Crippen molar-refractivity contribution < 1.29 is 38.1 Å². The molecule has 0 aromatic heterocycles. The Balaban J connectivity index is 4.10. The highest BCUT2D eigenvalue weighted by Crippen LogP contribution is 2.04. The zero-order chi connectivity index (χ0) is 18.5. The van der Waals surface area contributed by atoms with Gasteiger partial charge < -0.3 is 18.9 Å². The van der Waals surface area contributed by atoms with E-state index >= 15 is 0 Å². The molecule has 0 aliphatic rings. The van der Waals surface area contributed by atoms with Gasteiger partial charge in [-0.3, -0.25) is 9.59 Å². The number of hydrogen-bond donors (Lipinski definition) is 0. The molecule has 0 bridgehead atoms. The monoisotopic (exact) mass is 342 g/mol. The first-order valence-electron chi connectivity index (χ1n) is 7.25. The van der Waals surface area contributed by atoms with Crippen LogP contribution >= 0.6 is 0 Å². The van der Waals surface area contributed by atoms with E-state index in [0.29, 0.717) is 0 Å². The predicted molar refractivity (Wildman–Crippen MR) is 82.7 cm³/mol. The highest BCUT2D eigenvalue weighted by molar-refractivity contribution is 5.83. The van der Waals surface area contributed by atoms with E-state index in [9.17, 15) is 19.2 Å². The lowest BCUT2D eigenvalue weighted by Gasteiger charge is -2.13. The molecule has 0 aromatic rings. The molecule has 8 heteroatoms. The first-order chi connectivity index (χ1) is 11.3. The zero-order valence-corrected chi connectivity index (χ0v) is 13.8. The van der Waals surface area contributed by atoms with Crippen LogP contribution in [0.3, 0.4) is 0 Å². The average Bonchev–Trinajstić information content (AvgIpc) is 2.55. The molecule has 24 heavy (non-hydrogen) atoms. The Morgan fingerprint density at radius 1 is 0.792 bits per heavy atom. The molecule has 0 unspecified atom stereocenters. The van der Waals surface area contributed by atoms with Gasteiger partial charge in [0.1, 0.15) is 13.2 Å². The molecular formula is C16H22O8. The van der Waals surface area contributed by atoms with Crippen LogP contribution in [0.15, 0.2) is 25.3 Å². The van der Waals surface area contributed by atoms with Crippen molar-refractivity contribution in [1.29, 1.82) is 0 Å². The van der Waals surface area contributed by atoms with Gasteiger partial charge in [-0.1, -0.05) is 25.3 Å². The number of hydrogen-bond acceptors (Lipinski definition) is 8. The van der Waals surface area contributed by atoms with Crippen molar-refractivity contribution >= 4 is 23.9 Å². The van der Waals surface area contributed by atoms with Crippen molar-refractivity contribution in [2.45, 2.75) is 38.9 Å². The molecule has 0 aliphatic heterocycles. The summed E-state index contributed by atoms with van der Waals surface area (Å²) in [6.45, 7) is 9.47. The van der Waals surface area contributed by atoms with Gasteiger partial charge in [-0.05, 0) is 13.8 Å². The lowest BCUT2D eigenvalue weighted by molar-refractivity contribution is -0.169. The van der Waals surface area contributed by atoms with Crippen LogP contribution in [0.5, 0.6) is 0 Å². The van der Waals surface area contributed by atoms with Crippen molar-refractivity contribution in [2.24, 2.45) is 0 Å². The van der Waals surface area contributed by atoms with Crippen molar-refractivity contribution in [3.8, 4) is 0 Å². The fourth-order valence-electron chi connectivity index (χ4n) is 1.33. The lowest BCUT2D eigenvalue weighted by atomic mass is 10.3. The molecule has 2 atom stereocenters. The summed E-state index contributed by atoms with van der Waals surface area (Å²) in [7, 11) is 0. The van der Waals surface area contributed by atoms with Gasteiger partial charge >= 0.3 is 23.9 Å². The topological polar surface area (TPSA) is 105 Å². The molecule has 0 saturated heterocycles. The fraction of sp³-hybridized carbons (Fsp3) is 0.500. The molecule has 0 heterocycles. The van der Waals surface area contributed by atoms with Crippen LogP contribution in [0, 0.1) is 0 Å². The minimum atomic E-state index is -1.10. The maximum atomic E-state index is 11.5. The summed E-state index contributed by atoms with van der Waals surface area (Å²) in [5, 5.41) is 0. The van der Waals surface area contributed by atoms with Gasteiger partial charge in [0, 0.05) is 0 Å². The fourth-order valence-corrected chi connectivity index (χ4v) is 1.33. The van der Waals surface area contributed by atoms with Crippen LogP contribution in [0.1, 0.15) is 26.7 Å². The molecule has 0 radical (unpaired) electrons. The Morgan fingerprint density at radius 3 is 1.42 bits per heavy atom. The van der Waals surface area contributed by atoms with Crippen LogP contribution < -0.4 is 0 Å². The first kappa shape index (κ1) is 21.4. The summed E-state index contributed by atoms with van der Waals surface area (Å²) in [4.78, 5) is 45.8. The molecular weight excluding hydrogens is 320 g/mol. The third kappa shape index (κ3) is 9.39. The minimum Gasteiger partial charge on any atom is -0.459 e. The van der Waals surface area contributed by atoms with E-state index in [1.807, 2.05) is 0 Å². The smallest absolute Gasteiger partial charge is 0.347 e. The summed E-state index contributed by atoms with van der Waals surface area (Å²) < 4.78 is 19.0. The van der Waals surface area contributed by atoms with Crippen LogP contribution in [0.4, 0.5) is 0 Å². The van der Waals surface area contributed by atoms with Gasteiger partial charge in [-0.15, -0.1) is 0 Å². The first-order valence-corrected chi connectivity index (χ1v) is 7.25. The van der Waals surface area contributed by atoms with Gasteiger partial charge in [-0.25, -0.2) is 9.59 Å². The van der Waals surface area contributed by atoms with E-state index in [2.05, 4.69) is 13.2 Å². The molecule has 0 aliphatic carbocycles. The second kappa shape index (κ2) is 11.9. The summed E-state index contributed by atoms with van der Waals surface area (Å²) in [5.41, 5.74) is 0. The normalized spacial score (nSPS) is 12.2. The van der Waals surface area contributed by atoms with Crippen molar-refractivity contribution in [3.63, 3.8) is 0 Å². The quantitative estimate of drug-likeness (QED) is 0.312. The summed E-state index contributed by atoms with van der Waals surface area (Å²) >= 11 is 0. The van der Waals surface area contributed by atoms with Gasteiger partial charge in [0.2, 0.25) is 0 Å². The van der Waals surface area contributed by atoms with E-state index < -0.39 is 36.1 Å². The largest absolute Gasteiger partial charge is 0.459 e. The molecule has 134 valence electrons. The summed E-state index contributed by atoms with van der Waals surface area (Å²) in [6, 6.07) is 0. The van der Waals surface area contributed by atoms with Gasteiger partial charge in [0.25, 0.3) is 0 Å². The molecule has 0 saturated carbocycles. The number of rotatable bonds is 11. The zero-order valence-electron chi connectivity index (χ0n) is 13.8. The Hall–Kier alpha value is -2.64. The van der Waals surface area contributed by atoms with E-state index in [0.717, 1.165) is 0 Å². The molecule has 0 amide bonds. The minimum absolute atomic E-state index is 0.00684. The highest BCUT2D eigenvalue weighted by Gasteiger charge is 2.22. The lowest BCUT2D eigenvalue weighted by Crippen LogP contribution is -2.28. The third-order valence-corrected chi connectivity index (χ3v) is 2.50. The van der Waals surface area contributed by atoms with E-state index in [1.165, 1.54) is 26.0 Å². The Kier molecular flexibility index (Phi) is 10.6. The molecule has 0 spiro atoms. The molecule has 0 rings (SSSR count). The standard InChI is InChI=1S/C16H22O8/c1-5-9-21-15(19)11(3)23-13(17)7-8-14(18)24-12(4)16(20)22-10-6-2/h5-6,11-12H,1-2,7-10H2,3-4H3/t11-,12-/m1/s1. The van der Waals surface area contributed by atoms with Gasteiger partial charge in [0.15, 0.2) is 12.2 Å². The van der Waals surface area contributed by atoms with E-state index in [4.69, 9.17) is 18.9 Å². The Bertz CT molecular complexity index is 438. The van der Waals surface area contributed by atoms with E-state index in [-0.39, 0.29) is 26.1 Å². The molecule has 0 fully saturated rings. The molecule has 8 nitrogen and oxygen atoms in total.